The van der Waals surface area contributed by atoms with Crippen molar-refractivity contribution < 1.29 is 17.9 Å². The summed E-state index contributed by atoms with van der Waals surface area (Å²) in [6, 6.07) is 13.4. The van der Waals surface area contributed by atoms with Crippen LogP contribution in [0.4, 0.5) is 0 Å². The van der Waals surface area contributed by atoms with Gasteiger partial charge >= 0.3 is 0 Å². The van der Waals surface area contributed by atoms with Crippen LogP contribution in [0.3, 0.4) is 0 Å². The number of carbonyl (C=O) groups excluding carboxylic acids is 1. The van der Waals surface area contributed by atoms with Crippen molar-refractivity contribution in [3.63, 3.8) is 0 Å². The summed E-state index contributed by atoms with van der Waals surface area (Å²) in [7, 11) is -3.76. The molecule has 3 rings (SSSR count). The monoisotopic (exact) mass is 381 g/mol. The molecule has 1 amide bonds. The first kappa shape index (κ1) is 15.1. The molecule has 2 aromatic rings. The summed E-state index contributed by atoms with van der Waals surface area (Å²) in [4.78, 5) is 12.2. The van der Waals surface area contributed by atoms with Crippen LogP contribution in [0.25, 0.3) is 0 Å². The molecule has 22 heavy (non-hydrogen) atoms. The number of rotatable bonds is 4. The van der Waals surface area contributed by atoms with Gasteiger partial charge < -0.3 is 4.74 Å². The third-order valence-electron chi connectivity index (χ3n) is 3.29. The van der Waals surface area contributed by atoms with Gasteiger partial charge in [-0.1, -0.05) is 28.1 Å². The number of hydrogen-bond donors (Lipinski definition) is 0. The second-order valence-corrected chi connectivity index (χ2v) is 7.43. The minimum Gasteiger partial charge on any atom is -0.492 e. The highest BCUT2D eigenvalue weighted by atomic mass is 79.9. The van der Waals surface area contributed by atoms with E-state index in [4.69, 9.17) is 4.74 Å². The molecule has 0 N–H and O–H groups in total. The summed E-state index contributed by atoms with van der Waals surface area (Å²) in [6.07, 6.45) is 0. The number of carbonyl (C=O) groups is 1. The van der Waals surface area contributed by atoms with Crippen LogP contribution in [0.2, 0.25) is 0 Å². The molecule has 1 heterocycles. The standard InChI is InChI=1S/C15H12BrNO4S/c16-11-5-7-12(8-6-11)21-10-9-17-15(18)13-3-1-2-4-14(13)22(17,19)20/h1-8H,9-10H2. The van der Waals surface area contributed by atoms with Crippen LogP contribution >= 0.6 is 15.9 Å². The van der Waals surface area contributed by atoms with Gasteiger partial charge in [-0.2, -0.15) is 0 Å². The van der Waals surface area contributed by atoms with E-state index in [9.17, 15) is 13.2 Å². The zero-order valence-corrected chi connectivity index (χ0v) is 13.8. The number of ether oxygens (including phenoxy) is 1. The van der Waals surface area contributed by atoms with E-state index in [0.717, 1.165) is 8.78 Å². The molecule has 114 valence electrons. The molecule has 7 heteroatoms. The maximum absolute atomic E-state index is 12.3. The Morgan fingerprint density at radius 2 is 1.73 bits per heavy atom. The minimum absolute atomic E-state index is 0.0219. The van der Waals surface area contributed by atoms with Gasteiger partial charge in [0.1, 0.15) is 17.3 Å². The number of amides is 1. The maximum atomic E-state index is 12.3. The molecule has 0 bridgehead atoms. The van der Waals surface area contributed by atoms with E-state index in [2.05, 4.69) is 15.9 Å². The lowest BCUT2D eigenvalue weighted by molar-refractivity contribution is 0.0857. The Morgan fingerprint density at radius 1 is 1.05 bits per heavy atom. The Morgan fingerprint density at radius 3 is 2.41 bits per heavy atom. The molecule has 0 unspecified atom stereocenters. The fourth-order valence-electron chi connectivity index (χ4n) is 2.23. The number of benzene rings is 2. The van der Waals surface area contributed by atoms with Crippen molar-refractivity contribution >= 4 is 31.9 Å². The van der Waals surface area contributed by atoms with Gasteiger partial charge in [-0.25, -0.2) is 12.7 Å². The van der Waals surface area contributed by atoms with Gasteiger partial charge in [0.05, 0.1) is 12.1 Å². The minimum atomic E-state index is -3.76. The van der Waals surface area contributed by atoms with Crippen molar-refractivity contribution in [1.29, 1.82) is 0 Å². The fraction of sp³-hybridized carbons (Fsp3) is 0.133. The van der Waals surface area contributed by atoms with E-state index >= 15 is 0 Å². The Bertz CT molecular complexity index is 818. The van der Waals surface area contributed by atoms with Crippen LogP contribution in [-0.2, 0) is 10.0 Å². The average molecular weight is 382 g/mol. The number of fused-ring (bicyclic) bond motifs is 1. The Labute approximate surface area is 136 Å². The lowest BCUT2D eigenvalue weighted by Crippen LogP contribution is -2.33. The normalized spacial score (nSPS) is 15.7. The summed E-state index contributed by atoms with van der Waals surface area (Å²) in [5.41, 5.74) is 0.214. The Balaban J connectivity index is 1.71. The quantitative estimate of drug-likeness (QED) is 0.816. The van der Waals surface area contributed by atoms with Crippen molar-refractivity contribution in [2.75, 3.05) is 13.2 Å². The van der Waals surface area contributed by atoms with Crippen molar-refractivity contribution in [2.45, 2.75) is 4.90 Å². The SMILES string of the molecule is O=C1c2ccccc2S(=O)(=O)N1CCOc1ccc(Br)cc1. The third kappa shape index (κ3) is 2.62. The van der Waals surface area contributed by atoms with Crippen molar-refractivity contribution in [1.82, 2.24) is 4.31 Å². The summed E-state index contributed by atoms with van der Waals surface area (Å²) in [5.74, 6) is 0.111. The summed E-state index contributed by atoms with van der Waals surface area (Å²) in [6.45, 7) is 0.0759. The molecular weight excluding hydrogens is 370 g/mol. The van der Waals surface area contributed by atoms with E-state index in [1.54, 1.807) is 24.3 Å². The van der Waals surface area contributed by atoms with E-state index < -0.39 is 15.9 Å². The summed E-state index contributed by atoms with van der Waals surface area (Å²) < 4.78 is 31.9. The molecule has 0 fully saturated rings. The second-order valence-electron chi connectivity index (χ2n) is 4.68. The van der Waals surface area contributed by atoms with Crippen molar-refractivity contribution in [2.24, 2.45) is 0 Å². The van der Waals surface area contributed by atoms with E-state index in [-0.39, 0.29) is 23.6 Å². The first-order chi connectivity index (χ1) is 10.5. The highest BCUT2D eigenvalue weighted by molar-refractivity contribution is 9.10. The Kier molecular flexibility index (Phi) is 3.92. The molecule has 0 radical (unpaired) electrons. The number of hydrogen-bond acceptors (Lipinski definition) is 4. The molecule has 5 nitrogen and oxygen atoms in total. The van der Waals surface area contributed by atoms with Crippen molar-refractivity contribution in [3.05, 3.63) is 58.6 Å². The fourth-order valence-corrected chi connectivity index (χ4v) is 4.05. The second kappa shape index (κ2) is 5.73. The highest BCUT2D eigenvalue weighted by Gasteiger charge is 2.40. The van der Waals surface area contributed by atoms with Gasteiger partial charge in [-0.05, 0) is 36.4 Å². The van der Waals surface area contributed by atoms with Crippen LogP contribution in [0.1, 0.15) is 10.4 Å². The van der Waals surface area contributed by atoms with E-state index in [0.29, 0.717) is 5.75 Å². The molecule has 0 spiro atoms. The number of nitrogens with zero attached hydrogens (tertiary/aromatic N) is 1. The van der Waals surface area contributed by atoms with Gasteiger partial charge in [0, 0.05) is 4.47 Å². The first-order valence-corrected chi connectivity index (χ1v) is 8.78. The van der Waals surface area contributed by atoms with Gasteiger partial charge in [0.25, 0.3) is 15.9 Å². The molecule has 1 aliphatic heterocycles. The number of halogens is 1. The molecule has 1 aliphatic rings. The van der Waals surface area contributed by atoms with Crippen LogP contribution in [0.5, 0.6) is 5.75 Å². The first-order valence-electron chi connectivity index (χ1n) is 6.54. The lowest BCUT2D eigenvalue weighted by atomic mass is 10.2. The van der Waals surface area contributed by atoms with E-state index in [1.807, 2.05) is 12.1 Å². The third-order valence-corrected chi connectivity index (χ3v) is 5.66. The predicted octanol–water partition coefficient (Wildman–Crippen LogP) is 2.67. The lowest BCUT2D eigenvalue weighted by Gasteiger charge is -2.15. The molecule has 0 atom stereocenters. The Hall–Kier alpha value is -1.86. The summed E-state index contributed by atoms with van der Waals surface area (Å²) >= 11 is 3.32. The zero-order valence-electron chi connectivity index (χ0n) is 11.4. The number of sulfonamides is 1. The smallest absolute Gasteiger partial charge is 0.269 e. The van der Waals surface area contributed by atoms with Gasteiger partial charge in [0.2, 0.25) is 0 Å². The summed E-state index contributed by atoms with van der Waals surface area (Å²) in [5, 5.41) is 0. The van der Waals surface area contributed by atoms with Crippen LogP contribution in [-0.4, -0.2) is 31.8 Å². The highest BCUT2D eigenvalue weighted by Crippen LogP contribution is 2.29. The average Bonchev–Trinajstić information content (AvgIpc) is 2.70. The molecule has 2 aromatic carbocycles. The van der Waals surface area contributed by atoms with Crippen molar-refractivity contribution in [3.8, 4) is 5.75 Å². The van der Waals surface area contributed by atoms with Crippen LogP contribution < -0.4 is 4.74 Å². The van der Waals surface area contributed by atoms with Gasteiger partial charge in [-0.15, -0.1) is 0 Å². The molecule has 0 saturated heterocycles. The van der Waals surface area contributed by atoms with E-state index in [1.165, 1.54) is 12.1 Å². The van der Waals surface area contributed by atoms with Crippen LogP contribution in [0, 0.1) is 0 Å². The van der Waals surface area contributed by atoms with Crippen LogP contribution in [0.15, 0.2) is 57.9 Å². The van der Waals surface area contributed by atoms with Gasteiger partial charge in [0.15, 0.2) is 0 Å². The maximum Gasteiger partial charge on any atom is 0.269 e. The molecule has 0 saturated carbocycles. The molecular formula is C15H12BrNO4S. The molecule has 0 aliphatic carbocycles. The largest absolute Gasteiger partial charge is 0.492 e. The zero-order chi connectivity index (χ0) is 15.7. The topological polar surface area (TPSA) is 63.7 Å². The van der Waals surface area contributed by atoms with Gasteiger partial charge in [-0.3, -0.25) is 4.79 Å². The predicted molar refractivity (Wildman–Crippen MR) is 84.3 cm³/mol. The molecule has 0 aromatic heterocycles.